The Labute approximate surface area is 167 Å². The Bertz CT molecular complexity index is 647. The van der Waals surface area contributed by atoms with Crippen molar-refractivity contribution in [2.24, 2.45) is 34.5 Å². The monoisotopic (exact) mass is 388 g/mol. The maximum Gasteiger partial charge on any atom is 0.184 e. The zero-order chi connectivity index (χ0) is 19.6. The first-order valence-corrected chi connectivity index (χ1v) is 14.9. The van der Waals surface area contributed by atoms with Gasteiger partial charge in [-0.1, -0.05) is 19.4 Å². The van der Waals surface area contributed by atoms with Crippen LogP contribution in [0.15, 0.2) is 11.6 Å². The zero-order valence-electron chi connectivity index (χ0n) is 18.4. The predicted molar refractivity (Wildman–Crippen MR) is 114 cm³/mol. The Hall–Kier alpha value is -0.413. The van der Waals surface area contributed by atoms with E-state index in [-0.39, 0.29) is 0 Å². The molecule has 0 saturated heterocycles. The first kappa shape index (κ1) is 19.9. The van der Waals surface area contributed by atoms with Crippen molar-refractivity contribution in [3.05, 3.63) is 11.6 Å². The molecule has 3 heteroatoms. The van der Waals surface area contributed by atoms with Gasteiger partial charge in [-0.15, -0.1) is 0 Å². The van der Waals surface area contributed by atoms with Gasteiger partial charge in [0.15, 0.2) is 14.1 Å². The fourth-order valence-corrected chi connectivity index (χ4v) is 9.29. The molecular formula is C24H40O2Si. The van der Waals surface area contributed by atoms with E-state index in [0.717, 1.165) is 36.5 Å². The minimum absolute atomic E-state index is 0.302. The Morgan fingerprint density at radius 3 is 2.48 bits per heavy atom. The van der Waals surface area contributed by atoms with Crippen molar-refractivity contribution in [2.45, 2.75) is 97.9 Å². The lowest BCUT2D eigenvalue weighted by atomic mass is 9.46. The third-order valence-electron chi connectivity index (χ3n) is 9.14. The van der Waals surface area contributed by atoms with Gasteiger partial charge in [0.05, 0.1) is 0 Å². The minimum atomic E-state index is -1.49. The average Bonchev–Trinajstić information content (AvgIpc) is 2.91. The quantitative estimate of drug-likeness (QED) is 0.525. The summed E-state index contributed by atoms with van der Waals surface area (Å²) in [6.45, 7) is 14.4. The molecule has 0 bridgehead atoms. The van der Waals surface area contributed by atoms with E-state index < -0.39 is 8.32 Å². The van der Waals surface area contributed by atoms with E-state index in [1.165, 1.54) is 44.1 Å². The second kappa shape index (κ2) is 6.55. The standard InChI is InChI=1S/C24H40O2Si/c1-16(26-27(4,5)6)20-9-10-21-19-8-7-17-15-18(25)11-13-23(17,2)22(19)12-14-24(20,21)3/h15-16,19-22H,7-14H2,1-6H3. The molecular weight excluding hydrogens is 348 g/mol. The van der Waals surface area contributed by atoms with E-state index in [1.54, 1.807) is 0 Å². The number of rotatable bonds is 3. The van der Waals surface area contributed by atoms with Crippen LogP contribution >= 0.6 is 0 Å². The molecule has 0 aromatic rings. The van der Waals surface area contributed by atoms with Gasteiger partial charge in [0.25, 0.3) is 0 Å². The van der Waals surface area contributed by atoms with E-state index in [9.17, 15) is 4.79 Å². The van der Waals surface area contributed by atoms with E-state index in [0.29, 0.717) is 22.7 Å². The van der Waals surface area contributed by atoms with Crippen LogP contribution in [0.2, 0.25) is 19.6 Å². The van der Waals surface area contributed by atoms with Crippen molar-refractivity contribution >= 4 is 14.1 Å². The molecule has 0 aliphatic heterocycles. The molecule has 0 heterocycles. The fraction of sp³-hybridized carbons (Fsp3) is 0.875. The lowest BCUT2D eigenvalue weighted by Gasteiger charge is -2.58. The SMILES string of the molecule is CC(O[Si](C)(C)C)C1CCC2C3CCC4=CC(=O)CCC4(C)C3CCC12C. The number of hydrogen-bond donors (Lipinski definition) is 0. The molecule has 0 radical (unpaired) electrons. The molecule has 152 valence electrons. The van der Waals surface area contributed by atoms with Gasteiger partial charge in [0, 0.05) is 12.5 Å². The molecule has 0 N–H and O–H groups in total. The van der Waals surface area contributed by atoms with Gasteiger partial charge in [-0.3, -0.25) is 4.79 Å². The van der Waals surface area contributed by atoms with Crippen molar-refractivity contribution < 1.29 is 9.22 Å². The number of ketones is 1. The molecule has 0 amide bonds. The molecule has 2 nitrogen and oxygen atoms in total. The van der Waals surface area contributed by atoms with Gasteiger partial charge >= 0.3 is 0 Å². The van der Waals surface area contributed by atoms with Gasteiger partial charge in [0.2, 0.25) is 0 Å². The molecule has 7 atom stereocenters. The molecule has 3 fully saturated rings. The summed E-state index contributed by atoms with van der Waals surface area (Å²) in [6.07, 6.45) is 12.3. The van der Waals surface area contributed by atoms with Crippen molar-refractivity contribution in [1.82, 2.24) is 0 Å². The van der Waals surface area contributed by atoms with E-state index >= 15 is 0 Å². The first-order valence-electron chi connectivity index (χ1n) is 11.5. The Balaban J connectivity index is 1.57. The summed E-state index contributed by atoms with van der Waals surface area (Å²) in [7, 11) is -1.49. The molecule has 0 aromatic carbocycles. The molecule has 3 saturated carbocycles. The summed E-state index contributed by atoms with van der Waals surface area (Å²) >= 11 is 0. The number of hydrogen-bond acceptors (Lipinski definition) is 2. The molecule has 7 unspecified atom stereocenters. The summed E-state index contributed by atoms with van der Waals surface area (Å²) in [4.78, 5) is 12.0. The van der Waals surface area contributed by atoms with Crippen LogP contribution in [0.5, 0.6) is 0 Å². The van der Waals surface area contributed by atoms with Crippen LogP contribution in [0.25, 0.3) is 0 Å². The molecule has 0 spiro atoms. The molecule has 27 heavy (non-hydrogen) atoms. The normalized spacial score (nSPS) is 45.6. The van der Waals surface area contributed by atoms with Crippen LogP contribution in [0.1, 0.15) is 72.1 Å². The zero-order valence-corrected chi connectivity index (χ0v) is 19.4. The van der Waals surface area contributed by atoms with Crippen LogP contribution in [0, 0.1) is 34.5 Å². The lowest BCUT2D eigenvalue weighted by Crippen LogP contribution is -2.51. The van der Waals surface area contributed by atoms with E-state index in [1.807, 2.05) is 6.08 Å². The van der Waals surface area contributed by atoms with Crippen molar-refractivity contribution in [1.29, 1.82) is 0 Å². The highest BCUT2D eigenvalue weighted by Gasteiger charge is 2.59. The summed E-state index contributed by atoms with van der Waals surface area (Å²) in [5.41, 5.74) is 2.26. The summed E-state index contributed by atoms with van der Waals surface area (Å²) in [5, 5.41) is 0. The van der Waals surface area contributed by atoms with Crippen molar-refractivity contribution in [3.8, 4) is 0 Å². The van der Waals surface area contributed by atoms with Gasteiger partial charge in [-0.25, -0.2) is 0 Å². The number of fused-ring (bicyclic) bond motifs is 5. The van der Waals surface area contributed by atoms with E-state index in [4.69, 9.17) is 4.43 Å². The van der Waals surface area contributed by atoms with Gasteiger partial charge in [-0.2, -0.15) is 0 Å². The topological polar surface area (TPSA) is 26.3 Å². The van der Waals surface area contributed by atoms with Gasteiger partial charge < -0.3 is 4.43 Å². The van der Waals surface area contributed by atoms with Crippen LogP contribution in [0.3, 0.4) is 0 Å². The second-order valence-corrected chi connectivity index (χ2v) is 16.1. The molecule has 4 rings (SSSR count). The smallest absolute Gasteiger partial charge is 0.184 e. The third kappa shape index (κ3) is 3.21. The highest BCUT2D eigenvalue weighted by molar-refractivity contribution is 6.69. The number of allylic oxidation sites excluding steroid dienone is 1. The maximum atomic E-state index is 12.0. The van der Waals surface area contributed by atoms with Gasteiger partial charge in [0.1, 0.15) is 0 Å². The summed E-state index contributed by atoms with van der Waals surface area (Å²) < 4.78 is 6.58. The fourth-order valence-electron chi connectivity index (χ4n) is 8.01. The van der Waals surface area contributed by atoms with Crippen molar-refractivity contribution in [3.63, 3.8) is 0 Å². The Morgan fingerprint density at radius 1 is 1.04 bits per heavy atom. The molecule has 4 aliphatic carbocycles. The first-order chi connectivity index (χ1) is 12.5. The number of carbonyl (C=O) groups is 1. The molecule has 4 aliphatic rings. The van der Waals surface area contributed by atoms with E-state index in [2.05, 4.69) is 40.4 Å². The summed E-state index contributed by atoms with van der Waals surface area (Å²) in [5.74, 6) is 3.64. The highest BCUT2D eigenvalue weighted by Crippen LogP contribution is 2.67. The Morgan fingerprint density at radius 2 is 1.78 bits per heavy atom. The number of carbonyl (C=O) groups excluding carboxylic acids is 1. The molecule has 0 aromatic heterocycles. The average molecular weight is 389 g/mol. The second-order valence-electron chi connectivity index (χ2n) is 11.6. The van der Waals surface area contributed by atoms with Gasteiger partial charge in [-0.05, 0) is 112 Å². The summed E-state index contributed by atoms with van der Waals surface area (Å²) in [6, 6.07) is 0. The van der Waals surface area contributed by atoms with Crippen molar-refractivity contribution in [2.75, 3.05) is 0 Å². The minimum Gasteiger partial charge on any atom is -0.415 e. The van der Waals surface area contributed by atoms with Crippen LogP contribution < -0.4 is 0 Å². The predicted octanol–water partition coefficient (Wildman–Crippen LogP) is 6.37. The van der Waals surface area contributed by atoms with Crippen LogP contribution in [0.4, 0.5) is 0 Å². The van der Waals surface area contributed by atoms with Crippen LogP contribution in [-0.2, 0) is 9.22 Å². The van der Waals surface area contributed by atoms with Crippen LogP contribution in [-0.4, -0.2) is 20.2 Å². The largest absolute Gasteiger partial charge is 0.415 e. The maximum absolute atomic E-state index is 12.0. The lowest BCUT2D eigenvalue weighted by molar-refractivity contribution is -0.117. The Kier molecular flexibility index (Phi) is 4.83. The third-order valence-corrected chi connectivity index (χ3v) is 10.2. The highest BCUT2D eigenvalue weighted by atomic mass is 28.4.